The zero-order valence-electron chi connectivity index (χ0n) is 13.6. The Hall–Kier alpha value is -2.16. The molecule has 1 aromatic heterocycles. The van der Waals surface area contributed by atoms with Gasteiger partial charge >= 0.3 is 0 Å². The van der Waals surface area contributed by atoms with E-state index in [1.54, 1.807) is 6.20 Å². The Morgan fingerprint density at radius 2 is 2.17 bits per heavy atom. The average molecular weight is 313 g/mol. The van der Waals surface area contributed by atoms with Crippen molar-refractivity contribution in [3.8, 4) is 12.3 Å². The van der Waals surface area contributed by atoms with Gasteiger partial charge in [0.2, 0.25) is 0 Å². The lowest BCUT2D eigenvalue weighted by atomic mass is 10.0. The van der Waals surface area contributed by atoms with Gasteiger partial charge in [-0.2, -0.15) is 15.3 Å². The summed E-state index contributed by atoms with van der Waals surface area (Å²) in [4.78, 5) is 12.4. The fraction of sp³-hybridized carbons (Fsp3) is 0.647. The van der Waals surface area contributed by atoms with E-state index in [0.717, 1.165) is 25.0 Å². The highest BCUT2D eigenvalue weighted by atomic mass is 16.1. The molecule has 0 aromatic carbocycles. The zero-order chi connectivity index (χ0) is 16.3. The van der Waals surface area contributed by atoms with Crippen LogP contribution in [-0.2, 0) is 0 Å². The van der Waals surface area contributed by atoms with E-state index in [9.17, 15) is 4.79 Å². The van der Waals surface area contributed by atoms with Crippen LogP contribution in [0.4, 0.5) is 0 Å². The Morgan fingerprint density at radius 1 is 1.43 bits per heavy atom. The Bertz CT molecular complexity index is 642. The first-order valence-electron chi connectivity index (χ1n) is 8.35. The lowest BCUT2D eigenvalue weighted by Gasteiger charge is -2.13. The van der Waals surface area contributed by atoms with Gasteiger partial charge in [0.05, 0.1) is 17.8 Å². The first-order chi connectivity index (χ1) is 11.2. The van der Waals surface area contributed by atoms with E-state index in [0.29, 0.717) is 31.0 Å². The van der Waals surface area contributed by atoms with Gasteiger partial charge in [-0.05, 0) is 19.8 Å². The minimum Gasteiger partial charge on any atom is -0.352 e. The van der Waals surface area contributed by atoms with Crippen LogP contribution in [0.3, 0.4) is 0 Å². The highest BCUT2D eigenvalue weighted by molar-refractivity contribution is 5.95. The van der Waals surface area contributed by atoms with Gasteiger partial charge in [-0.25, -0.2) is 0 Å². The van der Waals surface area contributed by atoms with Gasteiger partial charge < -0.3 is 5.32 Å². The molecular formula is C17H23N5O. The number of rotatable bonds is 7. The first kappa shape index (κ1) is 15.7. The summed E-state index contributed by atoms with van der Waals surface area (Å²) < 4.78 is 2.02. The fourth-order valence-corrected chi connectivity index (χ4v) is 3.30. The van der Waals surface area contributed by atoms with Crippen molar-refractivity contribution in [3.05, 3.63) is 17.5 Å². The molecule has 0 saturated heterocycles. The summed E-state index contributed by atoms with van der Waals surface area (Å²) in [5.41, 5.74) is 1.28. The van der Waals surface area contributed by atoms with Crippen molar-refractivity contribution in [2.45, 2.75) is 63.6 Å². The van der Waals surface area contributed by atoms with Crippen molar-refractivity contribution in [3.63, 3.8) is 0 Å². The number of nitrogens with zero attached hydrogens (tertiary/aromatic N) is 4. The summed E-state index contributed by atoms with van der Waals surface area (Å²) in [5, 5.41) is 15.5. The van der Waals surface area contributed by atoms with Crippen molar-refractivity contribution < 1.29 is 4.79 Å². The summed E-state index contributed by atoms with van der Waals surface area (Å²) in [6.45, 7) is 2.52. The Labute approximate surface area is 136 Å². The van der Waals surface area contributed by atoms with Crippen LogP contribution in [0.5, 0.6) is 0 Å². The van der Waals surface area contributed by atoms with Crippen LogP contribution in [-0.4, -0.2) is 27.9 Å². The predicted molar refractivity (Wildman–Crippen MR) is 87.1 cm³/mol. The van der Waals surface area contributed by atoms with Crippen LogP contribution in [0, 0.1) is 19.3 Å². The molecule has 1 aliphatic carbocycles. The van der Waals surface area contributed by atoms with E-state index in [1.807, 2.05) is 11.6 Å². The summed E-state index contributed by atoms with van der Waals surface area (Å²) in [7, 11) is 0. The number of carbonyl (C=O) groups excluding carboxylic acids is 1. The molecule has 23 heavy (non-hydrogen) atoms. The molecule has 1 saturated carbocycles. The van der Waals surface area contributed by atoms with Crippen LogP contribution in [0.2, 0.25) is 0 Å². The zero-order valence-corrected chi connectivity index (χ0v) is 13.6. The highest BCUT2D eigenvalue weighted by Gasteiger charge is 2.38. The molecule has 1 amide bonds. The Morgan fingerprint density at radius 3 is 2.83 bits per heavy atom. The Kier molecular flexibility index (Phi) is 4.46. The molecule has 122 valence electrons. The second-order valence-electron chi connectivity index (χ2n) is 6.42. The van der Waals surface area contributed by atoms with Crippen molar-refractivity contribution in [2.75, 3.05) is 6.54 Å². The highest BCUT2D eigenvalue weighted by Crippen LogP contribution is 2.36. The Balaban J connectivity index is 1.52. The maximum Gasteiger partial charge on any atom is 0.254 e. The SMILES string of the molecule is C#CCCC1(CCNC(=O)c2cnn(C3CCCC3)c2C)N=N1. The molecule has 3 rings (SSSR count). The fourth-order valence-electron chi connectivity index (χ4n) is 3.30. The van der Waals surface area contributed by atoms with E-state index < -0.39 is 0 Å². The standard InChI is InChI=1S/C17H23N5O/c1-3-4-9-17(20-21-17)10-11-18-16(23)15-12-19-22(13(15)2)14-7-5-6-8-14/h1,12,14H,4-11H2,2H3,(H,18,23). The average Bonchev–Trinajstić information content (AvgIpc) is 2.95. The van der Waals surface area contributed by atoms with E-state index in [1.165, 1.54) is 12.8 Å². The van der Waals surface area contributed by atoms with Crippen molar-refractivity contribution in [2.24, 2.45) is 10.2 Å². The first-order valence-corrected chi connectivity index (χ1v) is 8.35. The molecule has 2 heterocycles. The lowest BCUT2D eigenvalue weighted by molar-refractivity contribution is 0.0951. The van der Waals surface area contributed by atoms with Crippen LogP contribution < -0.4 is 5.32 Å². The lowest BCUT2D eigenvalue weighted by Crippen LogP contribution is -2.28. The van der Waals surface area contributed by atoms with Gasteiger partial charge in [-0.3, -0.25) is 9.48 Å². The maximum atomic E-state index is 12.4. The molecule has 0 atom stereocenters. The number of hydrogen-bond donors (Lipinski definition) is 1. The number of amides is 1. The van der Waals surface area contributed by atoms with Crippen LogP contribution in [0.25, 0.3) is 0 Å². The van der Waals surface area contributed by atoms with Gasteiger partial charge in [0, 0.05) is 31.5 Å². The minimum atomic E-state index is -0.345. The smallest absolute Gasteiger partial charge is 0.254 e. The molecule has 1 N–H and O–H groups in total. The molecule has 1 aliphatic heterocycles. The quantitative estimate of drug-likeness (QED) is 0.786. The van der Waals surface area contributed by atoms with E-state index in [-0.39, 0.29) is 11.6 Å². The third-order valence-electron chi connectivity index (χ3n) is 4.82. The van der Waals surface area contributed by atoms with Gasteiger partial charge in [0.15, 0.2) is 5.66 Å². The second kappa shape index (κ2) is 6.53. The monoisotopic (exact) mass is 313 g/mol. The third-order valence-corrected chi connectivity index (χ3v) is 4.82. The number of aromatic nitrogens is 2. The van der Waals surface area contributed by atoms with Crippen LogP contribution in [0.15, 0.2) is 16.4 Å². The summed E-state index contributed by atoms with van der Waals surface area (Å²) in [6.07, 6.45) is 13.9. The van der Waals surface area contributed by atoms with Gasteiger partial charge in [-0.1, -0.05) is 12.8 Å². The molecule has 0 spiro atoms. The molecule has 1 fully saturated rings. The topological polar surface area (TPSA) is 71.6 Å². The van der Waals surface area contributed by atoms with Crippen molar-refractivity contribution in [1.82, 2.24) is 15.1 Å². The van der Waals surface area contributed by atoms with Crippen LogP contribution in [0.1, 0.15) is 67.0 Å². The minimum absolute atomic E-state index is 0.0699. The normalized spacial score (nSPS) is 18.8. The molecule has 0 bridgehead atoms. The van der Waals surface area contributed by atoms with Gasteiger partial charge in [0.25, 0.3) is 5.91 Å². The van der Waals surface area contributed by atoms with Crippen molar-refractivity contribution >= 4 is 5.91 Å². The molecule has 6 heteroatoms. The summed E-state index contributed by atoms with van der Waals surface area (Å²) >= 11 is 0. The summed E-state index contributed by atoms with van der Waals surface area (Å²) in [5.74, 6) is 2.54. The van der Waals surface area contributed by atoms with E-state index in [2.05, 4.69) is 26.6 Å². The van der Waals surface area contributed by atoms with Gasteiger partial charge in [-0.15, -0.1) is 12.3 Å². The maximum absolute atomic E-state index is 12.4. The third kappa shape index (κ3) is 3.44. The number of nitrogens with one attached hydrogen (secondary N) is 1. The van der Waals surface area contributed by atoms with E-state index in [4.69, 9.17) is 6.42 Å². The molecule has 6 nitrogen and oxygen atoms in total. The van der Waals surface area contributed by atoms with E-state index >= 15 is 0 Å². The molecule has 1 aromatic rings. The number of terminal acetylenes is 1. The molecule has 0 unspecified atom stereocenters. The second-order valence-corrected chi connectivity index (χ2v) is 6.42. The summed E-state index contributed by atoms with van der Waals surface area (Å²) in [6, 6.07) is 0.452. The molecule has 0 radical (unpaired) electrons. The largest absolute Gasteiger partial charge is 0.352 e. The predicted octanol–water partition coefficient (Wildman–Crippen LogP) is 3.00. The van der Waals surface area contributed by atoms with Crippen molar-refractivity contribution in [1.29, 1.82) is 0 Å². The molecule has 2 aliphatic rings. The number of carbonyl (C=O) groups is 1. The number of hydrogen-bond acceptors (Lipinski definition) is 4. The van der Waals surface area contributed by atoms with Gasteiger partial charge in [0.1, 0.15) is 0 Å². The van der Waals surface area contributed by atoms with Crippen LogP contribution >= 0.6 is 0 Å². The molecular weight excluding hydrogens is 290 g/mol.